The molecule has 138 valence electrons. The molecule has 0 saturated heterocycles. The molecule has 24 heavy (non-hydrogen) atoms. The SMILES string of the molecule is CCNC(=NCCCNS(C)(=O)=O)N(C)Cc1ccccc1Br.I. The Kier molecular flexibility index (Phi) is 11.8. The lowest BCUT2D eigenvalue weighted by Crippen LogP contribution is -2.38. The summed E-state index contributed by atoms with van der Waals surface area (Å²) in [6.07, 6.45) is 1.82. The van der Waals surface area contributed by atoms with Gasteiger partial charge in [0.15, 0.2) is 5.96 Å². The molecule has 9 heteroatoms. The van der Waals surface area contributed by atoms with Crippen molar-refractivity contribution in [3.05, 3.63) is 34.3 Å². The monoisotopic (exact) mass is 532 g/mol. The lowest BCUT2D eigenvalue weighted by atomic mass is 10.2. The minimum Gasteiger partial charge on any atom is -0.357 e. The molecular formula is C15H26BrIN4O2S. The summed E-state index contributed by atoms with van der Waals surface area (Å²) in [6, 6.07) is 8.08. The van der Waals surface area contributed by atoms with Crippen LogP contribution in [0.15, 0.2) is 33.7 Å². The summed E-state index contributed by atoms with van der Waals surface area (Å²) in [6.45, 7) is 4.49. The van der Waals surface area contributed by atoms with Crippen molar-refractivity contribution in [3.8, 4) is 0 Å². The largest absolute Gasteiger partial charge is 0.357 e. The first-order valence-electron chi connectivity index (χ1n) is 7.51. The van der Waals surface area contributed by atoms with Gasteiger partial charge in [-0.15, -0.1) is 24.0 Å². The summed E-state index contributed by atoms with van der Waals surface area (Å²) in [5.41, 5.74) is 1.18. The number of halogens is 2. The van der Waals surface area contributed by atoms with Crippen molar-refractivity contribution in [1.29, 1.82) is 0 Å². The number of rotatable bonds is 8. The molecule has 0 radical (unpaired) electrons. The van der Waals surface area contributed by atoms with Gasteiger partial charge in [-0.05, 0) is 25.0 Å². The zero-order valence-electron chi connectivity index (χ0n) is 14.3. The third-order valence-electron chi connectivity index (χ3n) is 3.02. The van der Waals surface area contributed by atoms with Crippen LogP contribution in [-0.4, -0.2) is 52.2 Å². The van der Waals surface area contributed by atoms with Gasteiger partial charge >= 0.3 is 0 Å². The van der Waals surface area contributed by atoms with Gasteiger partial charge in [0, 0.05) is 37.7 Å². The van der Waals surface area contributed by atoms with E-state index in [-0.39, 0.29) is 24.0 Å². The lowest BCUT2D eigenvalue weighted by Gasteiger charge is -2.22. The number of nitrogens with one attached hydrogen (secondary N) is 2. The van der Waals surface area contributed by atoms with Gasteiger partial charge in [-0.3, -0.25) is 4.99 Å². The molecule has 0 unspecified atom stereocenters. The molecule has 0 bridgehead atoms. The van der Waals surface area contributed by atoms with Gasteiger partial charge in [0.1, 0.15) is 0 Å². The summed E-state index contributed by atoms with van der Waals surface area (Å²) in [5, 5.41) is 3.25. The molecule has 0 fully saturated rings. The van der Waals surface area contributed by atoms with E-state index in [9.17, 15) is 8.42 Å². The highest BCUT2D eigenvalue weighted by Gasteiger charge is 2.08. The zero-order valence-corrected chi connectivity index (χ0v) is 19.0. The highest BCUT2D eigenvalue weighted by Crippen LogP contribution is 2.17. The standard InChI is InChI=1S/C15H25BrN4O2S.HI/c1-4-17-15(18-10-7-11-19-23(3,21)22)20(2)12-13-8-5-6-9-14(13)16;/h5-6,8-9,19H,4,7,10-12H2,1-3H3,(H,17,18);1H. The average molecular weight is 533 g/mol. The van der Waals surface area contributed by atoms with Gasteiger partial charge in [0.2, 0.25) is 10.0 Å². The quantitative estimate of drug-likeness (QED) is 0.233. The van der Waals surface area contributed by atoms with Crippen molar-refractivity contribution in [3.63, 3.8) is 0 Å². The first kappa shape index (κ1) is 23.6. The molecule has 2 N–H and O–H groups in total. The minimum absolute atomic E-state index is 0. The molecule has 0 saturated carbocycles. The normalized spacial score (nSPS) is 11.8. The topological polar surface area (TPSA) is 73.8 Å². The molecule has 6 nitrogen and oxygen atoms in total. The second-order valence-electron chi connectivity index (χ2n) is 5.20. The van der Waals surface area contributed by atoms with Crippen molar-refractivity contribution in [1.82, 2.24) is 14.9 Å². The van der Waals surface area contributed by atoms with Gasteiger partial charge in [0.05, 0.1) is 6.26 Å². The maximum atomic E-state index is 11.0. The van der Waals surface area contributed by atoms with Crippen molar-refractivity contribution >= 4 is 55.9 Å². The Labute approximate surface area is 170 Å². The maximum Gasteiger partial charge on any atom is 0.208 e. The Morgan fingerprint density at radius 1 is 1.33 bits per heavy atom. The van der Waals surface area contributed by atoms with Gasteiger partial charge in [0.25, 0.3) is 0 Å². The Hall–Kier alpha value is -0.390. The van der Waals surface area contributed by atoms with E-state index in [1.165, 1.54) is 5.56 Å². The fraction of sp³-hybridized carbons (Fsp3) is 0.533. The van der Waals surface area contributed by atoms with Gasteiger partial charge in [-0.1, -0.05) is 34.1 Å². The molecule has 0 heterocycles. The average Bonchev–Trinajstić information content (AvgIpc) is 2.47. The van der Waals surface area contributed by atoms with Crippen molar-refractivity contribution in [2.24, 2.45) is 4.99 Å². The predicted octanol–water partition coefficient (Wildman–Crippen LogP) is 2.40. The third kappa shape index (κ3) is 9.80. The van der Waals surface area contributed by atoms with Crippen molar-refractivity contribution in [2.45, 2.75) is 19.9 Å². The van der Waals surface area contributed by atoms with Gasteiger partial charge in [-0.2, -0.15) is 0 Å². The highest BCUT2D eigenvalue weighted by atomic mass is 127. The summed E-state index contributed by atoms with van der Waals surface area (Å²) in [5.74, 6) is 0.808. The van der Waals surface area contributed by atoms with Crippen LogP contribution in [0.25, 0.3) is 0 Å². The summed E-state index contributed by atoms with van der Waals surface area (Å²) in [4.78, 5) is 6.59. The molecule has 0 aromatic heterocycles. The van der Waals surface area contributed by atoms with Crippen LogP contribution in [-0.2, 0) is 16.6 Å². The molecule has 0 aliphatic rings. The van der Waals surface area contributed by atoms with Crippen molar-refractivity contribution < 1.29 is 8.42 Å². The molecule has 1 rings (SSSR count). The number of benzene rings is 1. The Bertz CT molecular complexity index is 626. The smallest absolute Gasteiger partial charge is 0.208 e. The van der Waals surface area contributed by atoms with Crippen LogP contribution >= 0.6 is 39.9 Å². The van der Waals surface area contributed by atoms with E-state index in [1.54, 1.807) is 0 Å². The number of guanidine groups is 1. The van der Waals surface area contributed by atoms with E-state index in [4.69, 9.17) is 0 Å². The van der Waals surface area contributed by atoms with Crippen molar-refractivity contribution in [2.75, 3.05) is 32.9 Å². The van der Waals surface area contributed by atoms with E-state index in [2.05, 4.69) is 37.0 Å². The van der Waals surface area contributed by atoms with Crippen LogP contribution in [0.2, 0.25) is 0 Å². The molecule has 0 amide bonds. The molecule has 0 aliphatic heterocycles. The number of hydrogen-bond acceptors (Lipinski definition) is 3. The van der Waals surface area contributed by atoms with Crippen LogP contribution < -0.4 is 10.0 Å². The van der Waals surface area contributed by atoms with Gasteiger partial charge < -0.3 is 10.2 Å². The highest BCUT2D eigenvalue weighted by molar-refractivity contribution is 14.0. The number of nitrogens with zero attached hydrogens (tertiary/aromatic N) is 2. The van der Waals surface area contributed by atoms with E-state index in [0.29, 0.717) is 19.5 Å². The second kappa shape index (κ2) is 12.0. The number of aliphatic imine (C=N–C) groups is 1. The third-order valence-corrected chi connectivity index (χ3v) is 4.52. The van der Waals surface area contributed by atoms with E-state index < -0.39 is 10.0 Å². The minimum atomic E-state index is -3.13. The first-order chi connectivity index (χ1) is 10.8. The predicted molar refractivity (Wildman–Crippen MR) is 114 cm³/mol. The van der Waals surface area contributed by atoms with E-state index in [1.807, 2.05) is 37.1 Å². The summed E-state index contributed by atoms with van der Waals surface area (Å²) >= 11 is 3.55. The molecular weight excluding hydrogens is 507 g/mol. The zero-order chi connectivity index (χ0) is 17.3. The Morgan fingerprint density at radius 2 is 2.00 bits per heavy atom. The molecule has 0 spiro atoms. The summed E-state index contributed by atoms with van der Waals surface area (Å²) in [7, 11) is -1.14. The fourth-order valence-electron chi connectivity index (χ4n) is 1.95. The van der Waals surface area contributed by atoms with Crippen LogP contribution in [0.3, 0.4) is 0 Å². The van der Waals surface area contributed by atoms with Crippen LogP contribution in [0.4, 0.5) is 0 Å². The summed E-state index contributed by atoms with van der Waals surface area (Å²) < 4.78 is 25.5. The number of sulfonamides is 1. The maximum absolute atomic E-state index is 11.0. The molecule has 1 aromatic carbocycles. The van der Waals surface area contributed by atoms with Crippen LogP contribution in [0.5, 0.6) is 0 Å². The van der Waals surface area contributed by atoms with Crippen LogP contribution in [0, 0.1) is 0 Å². The molecule has 0 aliphatic carbocycles. The Morgan fingerprint density at radius 3 is 2.58 bits per heavy atom. The van der Waals surface area contributed by atoms with Gasteiger partial charge in [-0.25, -0.2) is 13.1 Å². The molecule has 1 aromatic rings. The van der Waals surface area contributed by atoms with E-state index in [0.717, 1.165) is 29.8 Å². The number of hydrogen-bond donors (Lipinski definition) is 2. The first-order valence-corrected chi connectivity index (χ1v) is 10.2. The second-order valence-corrected chi connectivity index (χ2v) is 7.89. The fourth-order valence-corrected chi connectivity index (χ4v) is 2.87. The molecule has 0 atom stereocenters. The lowest BCUT2D eigenvalue weighted by molar-refractivity contribution is 0.475. The van der Waals surface area contributed by atoms with Crippen LogP contribution in [0.1, 0.15) is 18.9 Å². The Balaban J connectivity index is 0.00000529. The van der Waals surface area contributed by atoms with E-state index >= 15 is 0 Å².